The van der Waals surface area contributed by atoms with E-state index in [1.54, 1.807) is 0 Å². The van der Waals surface area contributed by atoms with Gasteiger partial charge in [0.25, 0.3) is 0 Å². The number of aromatic amines is 1. The van der Waals surface area contributed by atoms with Crippen LogP contribution in [-0.2, 0) is 0 Å². The molecule has 2 rings (SSSR count). The van der Waals surface area contributed by atoms with Crippen LogP contribution in [0.4, 0.5) is 0 Å². The van der Waals surface area contributed by atoms with Crippen LogP contribution in [0.3, 0.4) is 0 Å². The fourth-order valence-corrected chi connectivity index (χ4v) is 1.08. The largest absolute Gasteiger partial charge is 0.342 e. The van der Waals surface area contributed by atoms with Crippen LogP contribution in [0.2, 0.25) is 0 Å². The number of para-hydroxylation sites is 2. The van der Waals surface area contributed by atoms with Gasteiger partial charge in [0.15, 0.2) is 0 Å². The van der Waals surface area contributed by atoms with Crippen molar-refractivity contribution in [3.05, 3.63) is 30.1 Å². The van der Waals surface area contributed by atoms with Gasteiger partial charge in [-0.05, 0) is 19.1 Å². The number of benzene rings is 1. The van der Waals surface area contributed by atoms with E-state index in [0.717, 1.165) is 16.9 Å². The summed E-state index contributed by atoms with van der Waals surface area (Å²) in [5, 5.41) is 0. The van der Waals surface area contributed by atoms with Crippen molar-refractivity contribution >= 4 is 23.4 Å². The van der Waals surface area contributed by atoms with Crippen molar-refractivity contribution in [1.29, 1.82) is 0 Å². The molecule has 1 aromatic carbocycles. The van der Waals surface area contributed by atoms with E-state index in [1.165, 1.54) is 0 Å². The summed E-state index contributed by atoms with van der Waals surface area (Å²) in [6.07, 6.45) is 0. The quantitative estimate of drug-likeness (QED) is 0.643. The highest BCUT2D eigenvalue weighted by atomic mass is 35.5. The van der Waals surface area contributed by atoms with E-state index in [4.69, 9.17) is 0 Å². The SMILES string of the molecule is Cc1nc2ccccc2[nH]1.Cl. The Hall–Kier alpha value is -1.02. The number of imidazole rings is 1. The molecule has 2 aromatic rings. The van der Waals surface area contributed by atoms with Gasteiger partial charge in [-0.15, -0.1) is 12.4 Å². The van der Waals surface area contributed by atoms with E-state index in [9.17, 15) is 0 Å². The van der Waals surface area contributed by atoms with E-state index < -0.39 is 0 Å². The van der Waals surface area contributed by atoms with Crippen LogP contribution in [0.25, 0.3) is 11.0 Å². The first-order chi connectivity index (χ1) is 4.86. The number of halogens is 1. The number of aromatic nitrogens is 2. The lowest BCUT2D eigenvalue weighted by Gasteiger charge is -1.81. The number of rotatable bonds is 0. The van der Waals surface area contributed by atoms with Crippen LogP contribution >= 0.6 is 12.4 Å². The Morgan fingerprint density at radius 2 is 2.00 bits per heavy atom. The molecular weight excluding hydrogens is 160 g/mol. The summed E-state index contributed by atoms with van der Waals surface area (Å²) < 4.78 is 0. The summed E-state index contributed by atoms with van der Waals surface area (Å²) >= 11 is 0. The van der Waals surface area contributed by atoms with Crippen molar-refractivity contribution in [2.45, 2.75) is 6.92 Å². The molecule has 0 radical (unpaired) electrons. The predicted octanol–water partition coefficient (Wildman–Crippen LogP) is 2.29. The van der Waals surface area contributed by atoms with Crippen molar-refractivity contribution in [3.8, 4) is 0 Å². The number of H-pyrrole nitrogens is 1. The van der Waals surface area contributed by atoms with Gasteiger partial charge in [-0.2, -0.15) is 0 Å². The van der Waals surface area contributed by atoms with Gasteiger partial charge in [0, 0.05) is 0 Å². The van der Waals surface area contributed by atoms with E-state index in [1.807, 2.05) is 31.2 Å². The molecule has 1 aromatic heterocycles. The van der Waals surface area contributed by atoms with Crippen molar-refractivity contribution in [1.82, 2.24) is 9.97 Å². The van der Waals surface area contributed by atoms with Crippen LogP contribution in [-0.4, -0.2) is 9.97 Å². The maximum Gasteiger partial charge on any atom is 0.104 e. The summed E-state index contributed by atoms with van der Waals surface area (Å²) in [6, 6.07) is 8.01. The lowest BCUT2D eigenvalue weighted by Crippen LogP contribution is -1.68. The Kier molecular flexibility index (Phi) is 2.15. The molecular formula is C8H9ClN2. The van der Waals surface area contributed by atoms with Gasteiger partial charge in [-0.1, -0.05) is 12.1 Å². The van der Waals surface area contributed by atoms with Gasteiger partial charge in [-0.25, -0.2) is 4.98 Å². The minimum absolute atomic E-state index is 0. The molecule has 0 fully saturated rings. The molecule has 0 amide bonds. The lowest BCUT2D eigenvalue weighted by molar-refractivity contribution is 1.17. The number of fused-ring (bicyclic) bond motifs is 1. The molecule has 0 saturated heterocycles. The second-order valence-corrected chi connectivity index (χ2v) is 2.34. The average Bonchev–Trinajstić information content (AvgIpc) is 2.27. The lowest BCUT2D eigenvalue weighted by atomic mass is 10.3. The zero-order valence-corrected chi connectivity index (χ0v) is 6.98. The first-order valence-electron chi connectivity index (χ1n) is 3.27. The smallest absolute Gasteiger partial charge is 0.104 e. The van der Waals surface area contributed by atoms with Gasteiger partial charge in [0.05, 0.1) is 11.0 Å². The molecule has 0 aliphatic heterocycles. The molecule has 0 spiro atoms. The Morgan fingerprint density at radius 1 is 1.27 bits per heavy atom. The number of nitrogens with zero attached hydrogens (tertiary/aromatic N) is 1. The highest BCUT2D eigenvalue weighted by Crippen LogP contribution is 2.08. The van der Waals surface area contributed by atoms with E-state index in [0.29, 0.717) is 0 Å². The van der Waals surface area contributed by atoms with Crippen LogP contribution in [0, 0.1) is 6.92 Å². The van der Waals surface area contributed by atoms with E-state index in [2.05, 4.69) is 9.97 Å². The van der Waals surface area contributed by atoms with Crippen molar-refractivity contribution in [3.63, 3.8) is 0 Å². The standard InChI is InChI=1S/C8H8N2.ClH/c1-6-9-7-4-2-3-5-8(7)10-6;/h2-5H,1H3,(H,9,10);1H. The van der Waals surface area contributed by atoms with Gasteiger partial charge < -0.3 is 4.98 Å². The second-order valence-electron chi connectivity index (χ2n) is 2.34. The van der Waals surface area contributed by atoms with Crippen LogP contribution in [0.5, 0.6) is 0 Å². The zero-order chi connectivity index (χ0) is 6.97. The zero-order valence-electron chi connectivity index (χ0n) is 6.16. The predicted molar refractivity (Wildman–Crippen MR) is 48.1 cm³/mol. The Balaban J connectivity index is 0.000000605. The molecule has 0 atom stereocenters. The average molecular weight is 169 g/mol. The Labute approximate surface area is 71.1 Å². The van der Waals surface area contributed by atoms with Crippen molar-refractivity contribution in [2.75, 3.05) is 0 Å². The van der Waals surface area contributed by atoms with Gasteiger partial charge >= 0.3 is 0 Å². The minimum atomic E-state index is 0. The molecule has 1 heterocycles. The summed E-state index contributed by atoms with van der Waals surface area (Å²) in [6.45, 7) is 1.96. The fraction of sp³-hybridized carbons (Fsp3) is 0.125. The third kappa shape index (κ3) is 1.35. The molecule has 0 aliphatic carbocycles. The molecule has 3 heteroatoms. The fourth-order valence-electron chi connectivity index (χ4n) is 1.08. The molecule has 0 bridgehead atoms. The monoisotopic (exact) mass is 168 g/mol. The number of hydrogen-bond acceptors (Lipinski definition) is 1. The molecule has 0 saturated carbocycles. The van der Waals surface area contributed by atoms with Crippen LogP contribution in [0.1, 0.15) is 5.82 Å². The molecule has 0 aliphatic rings. The number of hydrogen-bond donors (Lipinski definition) is 1. The van der Waals surface area contributed by atoms with Crippen molar-refractivity contribution in [2.24, 2.45) is 0 Å². The van der Waals surface area contributed by atoms with E-state index in [-0.39, 0.29) is 12.4 Å². The summed E-state index contributed by atoms with van der Waals surface area (Å²) in [7, 11) is 0. The highest BCUT2D eigenvalue weighted by Gasteiger charge is 1.93. The van der Waals surface area contributed by atoms with E-state index >= 15 is 0 Å². The highest BCUT2D eigenvalue weighted by molar-refractivity contribution is 5.85. The summed E-state index contributed by atoms with van der Waals surface area (Å²) in [5.74, 6) is 0.973. The first kappa shape index (κ1) is 8.08. The summed E-state index contributed by atoms with van der Waals surface area (Å²) in [4.78, 5) is 7.40. The maximum atomic E-state index is 4.26. The molecule has 58 valence electrons. The van der Waals surface area contributed by atoms with Crippen LogP contribution < -0.4 is 0 Å². The van der Waals surface area contributed by atoms with Gasteiger partial charge in [-0.3, -0.25) is 0 Å². The minimum Gasteiger partial charge on any atom is -0.342 e. The third-order valence-electron chi connectivity index (χ3n) is 1.51. The molecule has 2 nitrogen and oxygen atoms in total. The van der Waals surface area contributed by atoms with Crippen LogP contribution in [0.15, 0.2) is 24.3 Å². The third-order valence-corrected chi connectivity index (χ3v) is 1.51. The van der Waals surface area contributed by atoms with Gasteiger partial charge in [0.1, 0.15) is 5.82 Å². The summed E-state index contributed by atoms with van der Waals surface area (Å²) in [5.41, 5.74) is 2.15. The Bertz CT molecular complexity index is 321. The molecule has 1 N–H and O–H groups in total. The number of aryl methyl sites for hydroxylation is 1. The van der Waals surface area contributed by atoms with Crippen molar-refractivity contribution < 1.29 is 0 Å². The first-order valence-corrected chi connectivity index (χ1v) is 3.27. The normalized spacial score (nSPS) is 9.55. The maximum absolute atomic E-state index is 4.26. The topological polar surface area (TPSA) is 28.7 Å². The second kappa shape index (κ2) is 2.93. The van der Waals surface area contributed by atoms with Gasteiger partial charge in [0.2, 0.25) is 0 Å². The Morgan fingerprint density at radius 3 is 2.73 bits per heavy atom. The molecule has 11 heavy (non-hydrogen) atoms. The molecule has 0 unspecified atom stereocenters. The number of nitrogens with one attached hydrogen (secondary N) is 1.